The van der Waals surface area contributed by atoms with E-state index in [0.717, 1.165) is 28.0 Å². The number of hydrogen-bond acceptors (Lipinski definition) is 5. The topological polar surface area (TPSA) is 72.6 Å². The fourth-order valence-corrected chi connectivity index (χ4v) is 3.77. The number of hydrogen-bond donors (Lipinski definition) is 0. The highest BCUT2D eigenvalue weighted by Gasteiger charge is 2.29. The van der Waals surface area contributed by atoms with Crippen molar-refractivity contribution in [3.05, 3.63) is 83.9 Å². The molecule has 0 bridgehead atoms. The number of rotatable bonds is 3. The smallest absolute Gasteiger partial charge is 0.272 e. The fraction of sp³-hybridized carbons (Fsp3) is 0.217. The van der Waals surface area contributed by atoms with E-state index < -0.39 is 0 Å². The van der Waals surface area contributed by atoms with Crippen molar-refractivity contribution in [1.82, 2.24) is 24.7 Å². The summed E-state index contributed by atoms with van der Waals surface area (Å²) in [6, 6.07) is 19.7. The Morgan fingerprint density at radius 3 is 2.73 bits per heavy atom. The quantitative estimate of drug-likeness (QED) is 0.528. The molecule has 5 rings (SSSR count). The molecular formula is C23H21N5O2. The molecule has 1 aliphatic rings. The van der Waals surface area contributed by atoms with Crippen LogP contribution in [0.3, 0.4) is 0 Å². The van der Waals surface area contributed by atoms with Crippen LogP contribution in [0.1, 0.15) is 28.0 Å². The summed E-state index contributed by atoms with van der Waals surface area (Å²) in [6.07, 6.45) is 1.64. The Labute approximate surface area is 173 Å². The van der Waals surface area contributed by atoms with Crippen molar-refractivity contribution in [2.45, 2.75) is 13.0 Å². The molecule has 7 nitrogen and oxygen atoms in total. The van der Waals surface area contributed by atoms with Gasteiger partial charge in [0, 0.05) is 24.0 Å². The lowest BCUT2D eigenvalue weighted by molar-refractivity contribution is -0.0243. The third kappa shape index (κ3) is 3.44. The Bertz CT molecular complexity index is 1200. The maximum atomic E-state index is 12.9. The van der Waals surface area contributed by atoms with Crippen LogP contribution < -0.4 is 0 Å². The molecule has 4 heterocycles. The van der Waals surface area contributed by atoms with Crippen LogP contribution in [0.2, 0.25) is 0 Å². The van der Waals surface area contributed by atoms with Crippen molar-refractivity contribution in [2.75, 3.05) is 19.7 Å². The monoisotopic (exact) mass is 399 g/mol. The average molecular weight is 399 g/mol. The van der Waals surface area contributed by atoms with Crippen LogP contribution in [0.5, 0.6) is 0 Å². The maximum Gasteiger partial charge on any atom is 0.272 e. The number of aryl methyl sites for hydroxylation is 1. The number of benzene rings is 1. The Balaban J connectivity index is 1.40. The molecule has 3 aromatic heterocycles. The van der Waals surface area contributed by atoms with Crippen molar-refractivity contribution in [2.24, 2.45) is 0 Å². The van der Waals surface area contributed by atoms with Gasteiger partial charge in [0.15, 0.2) is 0 Å². The molecule has 30 heavy (non-hydrogen) atoms. The molecule has 4 aromatic rings. The molecule has 1 aliphatic heterocycles. The van der Waals surface area contributed by atoms with E-state index in [1.54, 1.807) is 15.5 Å². The zero-order valence-corrected chi connectivity index (χ0v) is 16.6. The number of pyridine rings is 2. The van der Waals surface area contributed by atoms with Gasteiger partial charge in [-0.15, -0.1) is 5.10 Å². The Hall–Kier alpha value is -3.58. The molecule has 0 saturated carbocycles. The number of carbonyl (C=O) groups excluding carboxylic acids is 1. The maximum absolute atomic E-state index is 12.9. The van der Waals surface area contributed by atoms with Gasteiger partial charge in [-0.1, -0.05) is 47.7 Å². The highest BCUT2D eigenvalue weighted by molar-refractivity contribution is 5.92. The lowest BCUT2D eigenvalue weighted by atomic mass is 10.1. The molecule has 7 heteroatoms. The first-order valence-corrected chi connectivity index (χ1v) is 9.94. The molecule has 1 fully saturated rings. The minimum Gasteiger partial charge on any atom is -0.368 e. The van der Waals surface area contributed by atoms with Crippen molar-refractivity contribution in [3.8, 4) is 11.1 Å². The molecule has 0 N–H and O–H groups in total. The van der Waals surface area contributed by atoms with Gasteiger partial charge in [-0.25, -0.2) is 9.50 Å². The second kappa shape index (κ2) is 7.68. The van der Waals surface area contributed by atoms with Gasteiger partial charge in [-0.3, -0.25) is 4.79 Å². The largest absolute Gasteiger partial charge is 0.368 e. The minimum atomic E-state index is -0.326. The molecule has 1 atom stereocenters. The minimum absolute atomic E-state index is 0.0881. The van der Waals surface area contributed by atoms with Crippen LogP contribution in [0.25, 0.3) is 16.6 Å². The van der Waals surface area contributed by atoms with Crippen molar-refractivity contribution in [1.29, 1.82) is 0 Å². The van der Waals surface area contributed by atoms with E-state index in [1.165, 1.54) is 0 Å². The average Bonchev–Trinajstić information content (AvgIpc) is 3.22. The summed E-state index contributed by atoms with van der Waals surface area (Å²) in [5.74, 6) is -0.0881. The molecule has 1 amide bonds. The second-order valence-electron chi connectivity index (χ2n) is 7.36. The molecule has 0 radical (unpaired) electrons. The fourth-order valence-electron chi connectivity index (χ4n) is 3.77. The van der Waals surface area contributed by atoms with E-state index in [-0.39, 0.29) is 12.0 Å². The van der Waals surface area contributed by atoms with Crippen LogP contribution in [0.15, 0.2) is 66.9 Å². The Morgan fingerprint density at radius 2 is 1.90 bits per heavy atom. The summed E-state index contributed by atoms with van der Waals surface area (Å²) < 4.78 is 7.72. The van der Waals surface area contributed by atoms with Gasteiger partial charge in [0.05, 0.1) is 18.7 Å². The first-order valence-electron chi connectivity index (χ1n) is 9.94. The number of ether oxygens (including phenoxy) is 1. The van der Waals surface area contributed by atoms with E-state index in [4.69, 9.17) is 4.74 Å². The van der Waals surface area contributed by atoms with E-state index >= 15 is 0 Å². The van der Waals surface area contributed by atoms with Crippen LogP contribution in [0.4, 0.5) is 0 Å². The molecular weight excluding hydrogens is 378 g/mol. The molecule has 0 aliphatic carbocycles. The van der Waals surface area contributed by atoms with Crippen LogP contribution in [0, 0.1) is 6.92 Å². The summed E-state index contributed by atoms with van der Waals surface area (Å²) in [4.78, 5) is 19.0. The van der Waals surface area contributed by atoms with Crippen LogP contribution in [-0.2, 0) is 4.74 Å². The van der Waals surface area contributed by atoms with Gasteiger partial charge in [0.25, 0.3) is 5.91 Å². The highest BCUT2D eigenvalue weighted by Crippen LogP contribution is 2.27. The van der Waals surface area contributed by atoms with Gasteiger partial charge >= 0.3 is 0 Å². The first-order chi connectivity index (χ1) is 14.7. The number of aromatic nitrogens is 4. The van der Waals surface area contributed by atoms with Gasteiger partial charge in [0.2, 0.25) is 0 Å². The van der Waals surface area contributed by atoms with Gasteiger partial charge < -0.3 is 9.64 Å². The zero-order valence-electron chi connectivity index (χ0n) is 16.6. The van der Waals surface area contributed by atoms with Crippen molar-refractivity contribution < 1.29 is 9.53 Å². The molecule has 1 aromatic carbocycles. The molecule has 150 valence electrons. The van der Waals surface area contributed by atoms with Gasteiger partial charge in [-0.2, -0.15) is 0 Å². The number of fused-ring (bicyclic) bond motifs is 1. The van der Waals surface area contributed by atoms with Crippen LogP contribution in [-0.4, -0.2) is 50.3 Å². The first kappa shape index (κ1) is 18.4. The summed E-state index contributed by atoms with van der Waals surface area (Å²) in [7, 11) is 0. The predicted octanol–water partition coefficient (Wildman–Crippen LogP) is 3.31. The Kier molecular flexibility index (Phi) is 4.72. The van der Waals surface area contributed by atoms with Crippen molar-refractivity contribution in [3.63, 3.8) is 0 Å². The molecule has 1 saturated heterocycles. The van der Waals surface area contributed by atoms with E-state index in [2.05, 4.69) is 33.5 Å². The SMILES string of the molecule is Cc1cccc(C(=O)N2CCOC(c3nnn4cc(-c5ccccc5)ccc34)C2)n1. The predicted molar refractivity (Wildman–Crippen MR) is 112 cm³/mol. The normalized spacial score (nSPS) is 16.7. The summed E-state index contributed by atoms with van der Waals surface area (Å²) in [5.41, 5.74) is 5.08. The molecule has 0 spiro atoms. The van der Waals surface area contributed by atoms with E-state index in [9.17, 15) is 4.79 Å². The van der Waals surface area contributed by atoms with Gasteiger partial charge in [0.1, 0.15) is 17.5 Å². The molecule has 1 unspecified atom stereocenters. The van der Waals surface area contributed by atoms with Gasteiger partial charge in [-0.05, 0) is 30.7 Å². The number of amides is 1. The van der Waals surface area contributed by atoms with E-state index in [1.807, 2.05) is 49.5 Å². The number of nitrogens with zero attached hydrogens (tertiary/aromatic N) is 5. The standard InChI is InChI=1S/C23H21N5O2/c1-16-6-5-9-19(24-16)23(29)27-12-13-30-21(15-27)22-20-11-10-18(14-28(20)26-25-22)17-7-3-2-4-8-17/h2-11,14,21H,12-13,15H2,1H3. The zero-order chi connectivity index (χ0) is 20.5. The summed E-state index contributed by atoms with van der Waals surface area (Å²) in [6.45, 7) is 3.28. The Morgan fingerprint density at radius 1 is 1.03 bits per heavy atom. The third-order valence-corrected chi connectivity index (χ3v) is 5.31. The van der Waals surface area contributed by atoms with Crippen molar-refractivity contribution >= 4 is 11.4 Å². The summed E-state index contributed by atoms with van der Waals surface area (Å²) in [5, 5.41) is 8.66. The third-order valence-electron chi connectivity index (χ3n) is 5.31. The lowest BCUT2D eigenvalue weighted by Gasteiger charge is -2.32. The number of carbonyl (C=O) groups is 1. The summed E-state index contributed by atoms with van der Waals surface area (Å²) >= 11 is 0. The lowest BCUT2D eigenvalue weighted by Crippen LogP contribution is -2.42. The van der Waals surface area contributed by atoms with E-state index in [0.29, 0.717) is 25.4 Å². The number of morpholine rings is 1. The second-order valence-corrected chi connectivity index (χ2v) is 7.36. The van der Waals surface area contributed by atoms with Crippen LogP contribution >= 0.6 is 0 Å². The highest BCUT2D eigenvalue weighted by atomic mass is 16.5.